The van der Waals surface area contributed by atoms with E-state index >= 15 is 0 Å². The molecule has 0 aliphatic carbocycles. The number of nitrogens with zero attached hydrogens (tertiary/aromatic N) is 1. The third-order valence-electron chi connectivity index (χ3n) is 2.36. The van der Waals surface area contributed by atoms with Gasteiger partial charge in [-0.05, 0) is 12.1 Å². The molecular weight excluding hydrogens is 327 g/mol. The average molecular weight is 341 g/mol. The molecule has 0 fully saturated rings. The van der Waals surface area contributed by atoms with Crippen molar-refractivity contribution < 1.29 is 17.9 Å². The van der Waals surface area contributed by atoms with Crippen LogP contribution in [0.1, 0.15) is 6.42 Å². The van der Waals surface area contributed by atoms with Gasteiger partial charge < -0.3 is 9.64 Å². The van der Waals surface area contributed by atoms with Gasteiger partial charge in [-0.2, -0.15) is 0 Å². The number of sulfonamides is 1. The Hall–Kier alpha value is -1.02. The van der Waals surface area contributed by atoms with Crippen LogP contribution in [0.5, 0.6) is 5.75 Å². The molecule has 1 aromatic carbocycles. The van der Waals surface area contributed by atoms with Crippen molar-refractivity contribution in [1.82, 2.24) is 4.90 Å². The van der Waals surface area contributed by atoms with E-state index < -0.39 is 10.0 Å². The molecule has 0 aliphatic heterocycles. The average Bonchev–Trinajstić information content (AvgIpc) is 2.30. The summed E-state index contributed by atoms with van der Waals surface area (Å²) < 4.78 is 27.7. The molecular formula is C11H14Cl2N2O4S. The van der Waals surface area contributed by atoms with E-state index in [1.165, 1.54) is 4.90 Å². The largest absolute Gasteiger partial charge is 0.490 e. The van der Waals surface area contributed by atoms with Gasteiger partial charge in [0.2, 0.25) is 15.9 Å². The fourth-order valence-corrected chi connectivity index (χ4v) is 2.59. The number of rotatable bonds is 5. The van der Waals surface area contributed by atoms with E-state index in [1.807, 2.05) is 0 Å². The zero-order valence-electron chi connectivity index (χ0n) is 10.9. The SMILES string of the molecule is CN(C)C(=O)CCOc1c(Cl)cc(S(N)(=O)=O)cc1Cl. The quantitative estimate of drug-likeness (QED) is 0.879. The summed E-state index contributed by atoms with van der Waals surface area (Å²) in [6.45, 7) is 0.0746. The van der Waals surface area contributed by atoms with Gasteiger partial charge in [-0.15, -0.1) is 0 Å². The van der Waals surface area contributed by atoms with Crippen LogP contribution in [0, 0.1) is 0 Å². The molecule has 0 aliphatic rings. The number of ether oxygens (including phenoxy) is 1. The second kappa shape index (κ2) is 6.62. The minimum Gasteiger partial charge on any atom is -0.490 e. The van der Waals surface area contributed by atoms with Crippen molar-refractivity contribution in [3.05, 3.63) is 22.2 Å². The maximum atomic E-state index is 11.4. The monoisotopic (exact) mass is 340 g/mol. The minimum absolute atomic E-state index is 0.0128. The predicted octanol–water partition coefficient (Wildman–Crippen LogP) is 1.50. The second-order valence-corrected chi connectivity index (χ2v) is 6.52. The van der Waals surface area contributed by atoms with Gasteiger partial charge in [0.05, 0.1) is 28.0 Å². The molecule has 20 heavy (non-hydrogen) atoms. The summed E-state index contributed by atoms with van der Waals surface area (Å²) in [5, 5.41) is 5.01. The Kier molecular flexibility index (Phi) is 5.64. The molecule has 1 rings (SSSR count). The van der Waals surface area contributed by atoms with Crippen molar-refractivity contribution >= 4 is 39.1 Å². The normalized spacial score (nSPS) is 11.2. The Balaban J connectivity index is 2.85. The van der Waals surface area contributed by atoms with E-state index in [1.54, 1.807) is 14.1 Å². The molecule has 0 unspecified atom stereocenters. The van der Waals surface area contributed by atoms with Crippen molar-refractivity contribution in [2.24, 2.45) is 5.14 Å². The van der Waals surface area contributed by atoms with E-state index in [4.69, 9.17) is 33.1 Å². The highest BCUT2D eigenvalue weighted by atomic mass is 35.5. The molecule has 1 amide bonds. The third-order valence-corrected chi connectivity index (χ3v) is 3.82. The van der Waals surface area contributed by atoms with Crippen LogP contribution in [0.25, 0.3) is 0 Å². The molecule has 0 aromatic heterocycles. The van der Waals surface area contributed by atoms with Crippen LogP contribution in [0.2, 0.25) is 10.0 Å². The molecule has 1 aromatic rings. The number of carbonyl (C=O) groups is 1. The standard InChI is InChI=1S/C11H14Cl2N2O4S/c1-15(2)10(16)3-4-19-11-8(12)5-7(6-9(11)13)20(14,17)18/h5-6H,3-4H2,1-2H3,(H2,14,17,18). The lowest BCUT2D eigenvalue weighted by Crippen LogP contribution is -2.23. The lowest BCUT2D eigenvalue weighted by Gasteiger charge is -2.13. The second-order valence-electron chi connectivity index (χ2n) is 4.15. The molecule has 0 saturated carbocycles. The Bertz CT molecular complexity index is 594. The summed E-state index contributed by atoms with van der Waals surface area (Å²) in [4.78, 5) is 12.6. The van der Waals surface area contributed by atoms with Crippen LogP contribution in [0.15, 0.2) is 17.0 Å². The number of halogens is 2. The van der Waals surface area contributed by atoms with Crippen molar-refractivity contribution in [1.29, 1.82) is 0 Å². The first-order chi connectivity index (χ1) is 9.12. The molecule has 0 heterocycles. The number of nitrogens with two attached hydrogens (primary N) is 1. The van der Waals surface area contributed by atoms with E-state index in [-0.39, 0.29) is 39.6 Å². The molecule has 6 nitrogen and oxygen atoms in total. The lowest BCUT2D eigenvalue weighted by atomic mass is 10.3. The highest BCUT2D eigenvalue weighted by Crippen LogP contribution is 2.35. The van der Waals surface area contributed by atoms with E-state index in [2.05, 4.69) is 0 Å². The first-order valence-electron chi connectivity index (χ1n) is 5.47. The maximum Gasteiger partial charge on any atom is 0.238 e. The minimum atomic E-state index is -3.89. The zero-order valence-corrected chi connectivity index (χ0v) is 13.2. The van der Waals surface area contributed by atoms with Crippen molar-refractivity contribution in [2.75, 3.05) is 20.7 Å². The zero-order chi connectivity index (χ0) is 15.5. The number of benzene rings is 1. The van der Waals surface area contributed by atoms with Crippen molar-refractivity contribution in [3.8, 4) is 5.75 Å². The Labute approximate surface area is 127 Å². The molecule has 0 radical (unpaired) electrons. The Morgan fingerprint density at radius 2 is 1.80 bits per heavy atom. The summed E-state index contributed by atoms with van der Waals surface area (Å²) >= 11 is 11.8. The number of amides is 1. The smallest absolute Gasteiger partial charge is 0.238 e. The Morgan fingerprint density at radius 1 is 1.30 bits per heavy atom. The molecule has 112 valence electrons. The number of primary sulfonamides is 1. The van der Waals surface area contributed by atoms with Crippen LogP contribution < -0.4 is 9.88 Å². The third kappa shape index (κ3) is 4.52. The van der Waals surface area contributed by atoms with E-state index in [0.717, 1.165) is 12.1 Å². The van der Waals surface area contributed by atoms with Gasteiger partial charge in [0, 0.05) is 14.1 Å². The first kappa shape index (κ1) is 17.0. The van der Waals surface area contributed by atoms with Crippen molar-refractivity contribution in [2.45, 2.75) is 11.3 Å². The van der Waals surface area contributed by atoms with Crippen molar-refractivity contribution in [3.63, 3.8) is 0 Å². The Morgan fingerprint density at radius 3 is 2.20 bits per heavy atom. The van der Waals surface area contributed by atoms with Gasteiger partial charge >= 0.3 is 0 Å². The van der Waals surface area contributed by atoms with Crippen LogP contribution in [0.4, 0.5) is 0 Å². The molecule has 2 N–H and O–H groups in total. The van der Waals surface area contributed by atoms with E-state index in [9.17, 15) is 13.2 Å². The maximum absolute atomic E-state index is 11.4. The van der Waals surface area contributed by atoms with Gasteiger partial charge in [0.25, 0.3) is 0 Å². The summed E-state index contributed by atoms with van der Waals surface area (Å²) in [6.07, 6.45) is 0.149. The summed E-state index contributed by atoms with van der Waals surface area (Å²) in [7, 11) is -0.639. The predicted molar refractivity (Wildman–Crippen MR) is 76.6 cm³/mol. The van der Waals surface area contributed by atoms with Crippen LogP contribution >= 0.6 is 23.2 Å². The number of hydrogen-bond donors (Lipinski definition) is 1. The van der Waals surface area contributed by atoms with Gasteiger partial charge in [0.15, 0.2) is 5.75 Å². The molecule has 0 atom stereocenters. The molecule has 9 heteroatoms. The summed E-state index contributed by atoms with van der Waals surface area (Å²) in [6, 6.07) is 2.29. The van der Waals surface area contributed by atoms with Gasteiger partial charge in [-0.25, -0.2) is 13.6 Å². The van der Waals surface area contributed by atoms with Gasteiger partial charge in [0.1, 0.15) is 0 Å². The van der Waals surface area contributed by atoms with Crippen LogP contribution in [-0.2, 0) is 14.8 Å². The van der Waals surface area contributed by atoms with Crippen LogP contribution in [-0.4, -0.2) is 39.9 Å². The molecule has 0 spiro atoms. The topological polar surface area (TPSA) is 89.7 Å². The van der Waals surface area contributed by atoms with E-state index in [0.29, 0.717) is 0 Å². The van der Waals surface area contributed by atoms with Gasteiger partial charge in [-0.1, -0.05) is 23.2 Å². The lowest BCUT2D eigenvalue weighted by molar-refractivity contribution is -0.129. The number of carbonyl (C=O) groups excluding carboxylic acids is 1. The highest BCUT2D eigenvalue weighted by molar-refractivity contribution is 7.89. The fraction of sp³-hybridized carbons (Fsp3) is 0.364. The summed E-state index contributed by atoms with van der Waals surface area (Å²) in [5.74, 6) is 0.00527. The molecule has 0 saturated heterocycles. The highest BCUT2D eigenvalue weighted by Gasteiger charge is 2.16. The summed E-state index contributed by atoms with van der Waals surface area (Å²) in [5.41, 5.74) is 0. The van der Waals surface area contributed by atoms with Crippen LogP contribution in [0.3, 0.4) is 0 Å². The molecule has 0 bridgehead atoms. The van der Waals surface area contributed by atoms with Gasteiger partial charge in [-0.3, -0.25) is 4.79 Å². The first-order valence-corrected chi connectivity index (χ1v) is 7.78. The fourth-order valence-electron chi connectivity index (χ4n) is 1.30. The number of hydrogen-bond acceptors (Lipinski definition) is 4.